The first kappa shape index (κ1) is 12.9. The third-order valence-electron chi connectivity index (χ3n) is 3.94. The summed E-state index contributed by atoms with van der Waals surface area (Å²) in [6.45, 7) is 2.70. The maximum atomic E-state index is 12.9. The van der Waals surface area contributed by atoms with Crippen LogP contribution in [0, 0.1) is 0 Å². The zero-order chi connectivity index (χ0) is 13.9. The zero-order valence-electron chi connectivity index (χ0n) is 11.6. The van der Waals surface area contributed by atoms with Gasteiger partial charge in [0.2, 0.25) is 0 Å². The number of rotatable bonds is 3. The van der Waals surface area contributed by atoms with Crippen molar-refractivity contribution in [3.8, 4) is 5.75 Å². The molecule has 0 bridgehead atoms. The normalized spacial score (nSPS) is 17.1. The number of ether oxygens (including phenoxy) is 1. The minimum absolute atomic E-state index is 0.0763. The zero-order valence-corrected chi connectivity index (χ0v) is 11.6. The van der Waals surface area contributed by atoms with Crippen LogP contribution in [0.25, 0.3) is 0 Å². The maximum Gasteiger partial charge on any atom is 0.170 e. The van der Waals surface area contributed by atoms with E-state index in [9.17, 15) is 4.79 Å². The number of benzene rings is 2. The molecule has 20 heavy (non-hydrogen) atoms. The van der Waals surface area contributed by atoms with E-state index in [-0.39, 0.29) is 11.7 Å². The molecule has 2 aromatic rings. The molecule has 0 radical (unpaired) electrons. The molecule has 1 aliphatic rings. The van der Waals surface area contributed by atoms with Gasteiger partial charge in [0.25, 0.3) is 0 Å². The SMILES string of the molecule is CCc1ccccc1C(=O)C1CCOc2ccccc21. The van der Waals surface area contributed by atoms with Crippen LogP contribution in [0.4, 0.5) is 0 Å². The molecule has 1 unspecified atom stereocenters. The second kappa shape index (κ2) is 5.49. The highest BCUT2D eigenvalue weighted by molar-refractivity contribution is 6.02. The minimum Gasteiger partial charge on any atom is -0.493 e. The average Bonchev–Trinajstić information content (AvgIpc) is 2.53. The van der Waals surface area contributed by atoms with Gasteiger partial charge in [0.1, 0.15) is 5.75 Å². The largest absolute Gasteiger partial charge is 0.493 e. The van der Waals surface area contributed by atoms with Crippen LogP contribution in [0.2, 0.25) is 0 Å². The molecule has 0 amide bonds. The topological polar surface area (TPSA) is 26.3 Å². The number of fused-ring (bicyclic) bond motifs is 1. The molecule has 102 valence electrons. The summed E-state index contributed by atoms with van der Waals surface area (Å²) in [7, 11) is 0. The van der Waals surface area contributed by atoms with Crippen LogP contribution in [0.1, 0.15) is 40.7 Å². The van der Waals surface area contributed by atoms with Crippen molar-refractivity contribution in [2.45, 2.75) is 25.7 Å². The molecule has 1 aliphatic heterocycles. The Morgan fingerprint density at radius 3 is 2.75 bits per heavy atom. The smallest absolute Gasteiger partial charge is 0.170 e. The van der Waals surface area contributed by atoms with Crippen molar-refractivity contribution in [3.63, 3.8) is 0 Å². The summed E-state index contributed by atoms with van der Waals surface area (Å²) in [5, 5.41) is 0. The highest BCUT2D eigenvalue weighted by Gasteiger charge is 2.28. The van der Waals surface area contributed by atoms with Gasteiger partial charge >= 0.3 is 0 Å². The Balaban J connectivity index is 2.00. The van der Waals surface area contributed by atoms with Gasteiger partial charge in [-0.3, -0.25) is 4.79 Å². The summed E-state index contributed by atoms with van der Waals surface area (Å²) in [5.41, 5.74) is 3.01. The van der Waals surface area contributed by atoms with Gasteiger partial charge < -0.3 is 4.74 Å². The standard InChI is InChI=1S/C18H18O2/c1-2-13-7-3-4-8-14(13)18(19)16-11-12-20-17-10-6-5-9-15(16)17/h3-10,16H,2,11-12H2,1H3. The molecular weight excluding hydrogens is 248 g/mol. The molecule has 0 aromatic heterocycles. The van der Waals surface area contributed by atoms with E-state index in [1.807, 2.05) is 48.5 Å². The maximum absolute atomic E-state index is 12.9. The molecule has 0 N–H and O–H groups in total. The molecule has 1 atom stereocenters. The van der Waals surface area contributed by atoms with E-state index in [0.29, 0.717) is 6.61 Å². The van der Waals surface area contributed by atoms with Crippen molar-refractivity contribution in [2.75, 3.05) is 6.61 Å². The summed E-state index contributed by atoms with van der Waals surface area (Å²) >= 11 is 0. The van der Waals surface area contributed by atoms with E-state index in [2.05, 4.69) is 6.92 Å². The second-order valence-electron chi connectivity index (χ2n) is 5.10. The lowest BCUT2D eigenvalue weighted by atomic mass is 9.84. The monoisotopic (exact) mass is 266 g/mol. The first-order valence-electron chi connectivity index (χ1n) is 7.15. The van der Waals surface area contributed by atoms with Crippen LogP contribution in [-0.4, -0.2) is 12.4 Å². The number of Topliss-reactive ketones (excluding diaryl/α,β-unsaturated/α-hetero) is 1. The molecule has 2 nitrogen and oxygen atoms in total. The molecule has 0 aliphatic carbocycles. The Labute approximate surface area is 119 Å². The first-order chi connectivity index (χ1) is 9.81. The van der Waals surface area contributed by atoms with Gasteiger partial charge in [-0.15, -0.1) is 0 Å². The number of carbonyl (C=O) groups is 1. The Bertz CT molecular complexity index is 631. The van der Waals surface area contributed by atoms with E-state index in [0.717, 1.165) is 35.3 Å². The van der Waals surface area contributed by atoms with Gasteiger partial charge in [-0.2, -0.15) is 0 Å². The highest BCUT2D eigenvalue weighted by Crippen LogP contribution is 2.36. The van der Waals surface area contributed by atoms with Crippen LogP contribution in [0.5, 0.6) is 5.75 Å². The number of hydrogen-bond donors (Lipinski definition) is 0. The van der Waals surface area contributed by atoms with Gasteiger partial charge in [-0.05, 0) is 24.5 Å². The molecule has 0 fully saturated rings. The number of carbonyl (C=O) groups excluding carboxylic acids is 1. The van der Waals surface area contributed by atoms with E-state index >= 15 is 0 Å². The minimum atomic E-state index is -0.0763. The Morgan fingerprint density at radius 1 is 1.15 bits per heavy atom. The predicted octanol–water partition coefficient (Wildman–Crippen LogP) is 4.00. The van der Waals surface area contributed by atoms with Gasteiger partial charge in [-0.25, -0.2) is 0 Å². The average molecular weight is 266 g/mol. The Morgan fingerprint density at radius 2 is 1.90 bits per heavy atom. The summed E-state index contributed by atoms with van der Waals surface area (Å²) in [6, 6.07) is 15.8. The number of aryl methyl sites for hydroxylation is 1. The number of para-hydroxylation sites is 1. The lowest BCUT2D eigenvalue weighted by Gasteiger charge is -2.25. The third kappa shape index (κ3) is 2.22. The quantitative estimate of drug-likeness (QED) is 0.785. The molecule has 1 heterocycles. The van der Waals surface area contributed by atoms with Crippen LogP contribution >= 0.6 is 0 Å². The molecule has 2 heteroatoms. The molecule has 3 rings (SSSR count). The predicted molar refractivity (Wildman–Crippen MR) is 79.4 cm³/mol. The third-order valence-corrected chi connectivity index (χ3v) is 3.94. The molecule has 0 saturated heterocycles. The molecule has 2 aromatic carbocycles. The lowest BCUT2D eigenvalue weighted by Crippen LogP contribution is -2.22. The van der Waals surface area contributed by atoms with Gasteiger partial charge in [0.05, 0.1) is 12.5 Å². The first-order valence-corrected chi connectivity index (χ1v) is 7.15. The summed E-state index contributed by atoms with van der Waals surface area (Å²) in [6.07, 6.45) is 1.64. The Hall–Kier alpha value is -2.09. The van der Waals surface area contributed by atoms with Crippen molar-refractivity contribution in [3.05, 3.63) is 65.2 Å². The van der Waals surface area contributed by atoms with Crippen LogP contribution in [0.3, 0.4) is 0 Å². The van der Waals surface area contributed by atoms with Crippen molar-refractivity contribution >= 4 is 5.78 Å². The van der Waals surface area contributed by atoms with E-state index in [1.165, 1.54) is 0 Å². The molecule has 0 spiro atoms. The van der Waals surface area contributed by atoms with Gasteiger partial charge in [0.15, 0.2) is 5.78 Å². The summed E-state index contributed by atoms with van der Waals surface area (Å²) in [4.78, 5) is 12.9. The van der Waals surface area contributed by atoms with Gasteiger partial charge in [0, 0.05) is 11.1 Å². The van der Waals surface area contributed by atoms with Crippen molar-refractivity contribution in [1.82, 2.24) is 0 Å². The summed E-state index contributed by atoms with van der Waals surface area (Å²) < 4.78 is 5.64. The Kier molecular flexibility index (Phi) is 3.55. The molecular formula is C18H18O2. The van der Waals surface area contributed by atoms with Crippen LogP contribution in [-0.2, 0) is 6.42 Å². The van der Waals surface area contributed by atoms with E-state index < -0.39 is 0 Å². The second-order valence-corrected chi connectivity index (χ2v) is 5.10. The van der Waals surface area contributed by atoms with Crippen LogP contribution in [0.15, 0.2) is 48.5 Å². The number of ketones is 1. The fourth-order valence-electron chi connectivity index (χ4n) is 2.87. The molecule has 0 saturated carbocycles. The van der Waals surface area contributed by atoms with Gasteiger partial charge in [-0.1, -0.05) is 49.4 Å². The summed E-state index contributed by atoms with van der Waals surface area (Å²) in [5.74, 6) is 0.997. The number of hydrogen-bond acceptors (Lipinski definition) is 2. The lowest BCUT2D eigenvalue weighted by molar-refractivity contribution is 0.0932. The fourth-order valence-corrected chi connectivity index (χ4v) is 2.87. The van der Waals surface area contributed by atoms with Crippen molar-refractivity contribution in [2.24, 2.45) is 0 Å². The van der Waals surface area contributed by atoms with E-state index in [1.54, 1.807) is 0 Å². The van der Waals surface area contributed by atoms with E-state index in [4.69, 9.17) is 4.74 Å². The van der Waals surface area contributed by atoms with Crippen LogP contribution < -0.4 is 4.74 Å². The van der Waals surface area contributed by atoms with Crippen molar-refractivity contribution < 1.29 is 9.53 Å². The fraction of sp³-hybridized carbons (Fsp3) is 0.278. The van der Waals surface area contributed by atoms with Crippen molar-refractivity contribution in [1.29, 1.82) is 0 Å². The highest BCUT2D eigenvalue weighted by atomic mass is 16.5.